The normalized spacial score (nSPS) is 20.6. The van der Waals surface area contributed by atoms with Gasteiger partial charge in [-0.3, -0.25) is 0 Å². The Bertz CT molecular complexity index is 374. The highest BCUT2D eigenvalue weighted by Gasteiger charge is 2.48. The number of halogens is 3. The quantitative estimate of drug-likeness (QED) is 0.827. The second-order valence-electron chi connectivity index (χ2n) is 4.41. The summed E-state index contributed by atoms with van der Waals surface area (Å²) in [6.45, 7) is 1.69. The first-order valence-corrected chi connectivity index (χ1v) is 5.22. The predicted molar refractivity (Wildman–Crippen MR) is 54.0 cm³/mol. The van der Waals surface area contributed by atoms with Crippen molar-refractivity contribution in [3.63, 3.8) is 0 Å². The highest BCUT2D eigenvalue weighted by Crippen LogP contribution is 2.51. The molecule has 0 radical (unpaired) electrons. The third kappa shape index (κ3) is 1.82. The second-order valence-corrected chi connectivity index (χ2v) is 4.41. The molecule has 1 saturated carbocycles. The molecular weight excluding hydrogens is 217 g/mol. The molecule has 0 amide bonds. The molecule has 0 aliphatic heterocycles. The lowest BCUT2D eigenvalue weighted by molar-refractivity contribution is -0.137. The zero-order valence-electron chi connectivity index (χ0n) is 8.88. The van der Waals surface area contributed by atoms with Gasteiger partial charge in [0.25, 0.3) is 0 Å². The van der Waals surface area contributed by atoms with E-state index >= 15 is 0 Å². The maximum atomic E-state index is 12.3. The monoisotopic (exact) mass is 230 g/mol. The van der Waals surface area contributed by atoms with Crippen molar-refractivity contribution >= 4 is 0 Å². The Morgan fingerprint density at radius 1 is 1.19 bits per heavy atom. The van der Waals surface area contributed by atoms with Crippen LogP contribution in [0.1, 0.15) is 30.9 Å². The molecule has 1 aromatic rings. The summed E-state index contributed by atoms with van der Waals surface area (Å²) in [5.74, 6) is 0. The Hall–Kier alpha value is -1.03. The number of benzene rings is 1. The van der Waals surface area contributed by atoms with Gasteiger partial charge < -0.3 is 5.11 Å². The van der Waals surface area contributed by atoms with E-state index in [2.05, 4.69) is 0 Å². The van der Waals surface area contributed by atoms with Gasteiger partial charge in [0, 0.05) is 5.41 Å². The van der Waals surface area contributed by atoms with E-state index in [9.17, 15) is 18.3 Å². The number of aliphatic hydroxyl groups is 1. The number of rotatable bonds is 2. The maximum Gasteiger partial charge on any atom is 0.416 e. The molecule has 0 aromatic heterocycles. The van der Waals surface area contributed by atoms with E-state index in [4.69, 9.17) is 0 Å². The molecular formula is C12H13F3O. The summed E-state index contributed by atoms with van der Waals surface area (Å²) in [6, 6.07) is 5.11. The van der Waals surface area contributed by atoms with Gasteiger partial charge in [-0.15, -0.1) is 0 Å². The van der Waals surface area contributed by atoms with Gasteiger partial charge in [0.05, 0.1) is 11.7 Å². The third-order valence-corrected chi connectivity index (χ3v) is 3.38. The number of hydrogen-bond donors (Lipinski definition) is 1. The average Bonchev–Trinajstić information content (AvgIpc) is 2.97. The zero-order chi connectivity index (χ0) is 12.0. The molecule has 1 atom stereocenters. The molecule has 0 saturated heterocycles. The molecule has 2 rings (SSSR count). The molecule has 1 aliphatic rings. The smallest absolute Gasteiger partial charge is 0.392 e. The molecule has 88 valence electrons. The van der Waals surface area contributed by atoms with Crippen LogP contribution in [-0.2, 0) is 11.6 Å². The Morgan fingerprint density at radius 2 is 1.69 bits per heavy atom. The van der Waals surface area contributed by atoms with Crippen molar-refractivity contribution in [3.05, 3.63) is 35.4 Å². The summed E-state index contributed by atoms with van der Waals surface area (Å²) in [6.07, 6.45) is -3.11. The minimum Gasteiger partial charge on any atom is -0.392 e. The minimum atomic E-state index is -4.29. The fourth-order valence-electron chi connectivity index (χ4n) is 2.07. The van der Waals surface area contributed by atoms with Crippen molar-refractivity contribution in [2.24, 2.45) is 0 Å². The summed E-state index contributed by atoms with van der Waals surface area (Å²) in [5, 5.41) is 9.60. The van der Waals surface area contributed by atoms with Crippen LogP contribution < -0.4 is 0 Å². The van der Waals surface area contributed by atoms with E-state index in [0.29, 0.717) is 0 Å². The second kappa shape index (κ2) is 3.48. The average molecular weight is 230 g/mol. The molecule has 1 aromatic carbocycles. The van der Waals surface area contributed by atoms with Gasteiger partial charge in [0.1, 0.15) is 0 Å². The molecule has 1 aliphatic carbocycles. The lowest BCUT2D eigenvalue weighted by Gasteiger charge is -2.19. The Kier molecular flexibility index (Phi) is 2.49. The van der Waals surface area contributed by atoms with Crippen LogP contribution in [0.25, 0.3) is 0 Å². The van der Waals surface area contributed by atoms with Crippen LogP contribution in [0.5, 0.6) is 0 Å². The topological polar surface area (TPSA) is 20.2 Å². The Morgan fingerprint density at radius 3 is 2.00 bits per heavy atom. The Balaban J connectivity index is 2.27. The summed E-state index contributed by atoms with van der Waals surface area (Å²) < 4.78 is 37.0. The molecule has 1 nitrogen and oxygen atoms in total. The van der Waals surface area contributed by atoms with Gasteiger partial charge in [-0.25, -0.2) is 0 Å². The predicted octanol–water partition coefficient (Wildman–Crippen LogP) is 3.12. The summed E-state index contributed by atoms with van der Waals surface area (Å²) in [7, 11) is 0. The molecule has 4 heteroatoms. The van der Waals surface area contributed by atoms with E-state index < -0.39 is 17.8 Å². The van der Waals surface area contributed by atoms with Crippen LogP contribution >= 0.6 is 0 Å². The first-order chi connectivity index (χ1) is 7.36. The summed E-state index contributed by atoms with van der Waals surface area (Å²) in [4.78, 5) is 0. The van der Waals surface area contributed by atoms with Crippen molar-refractivity contribution in [3.8, 4) is 0 Å². The van der Waals surface area contributed by atoms with Crippen LogP contribution in [0.4, 0.5) is 13.2 Å². The van der Waals surface area contributed by atoms with Gasteiger partial charge in [0.2, 0.25) is 0 Å². The Labute approximate surface area is 91.9 Å². The highest BCUT2D eigenvalue weighted by atomic mass is 19.4. The van der Waals surface area contributed by atoms with Gasteiger partial charge in [-0.05, 0) is 37.5 Å². The first-order valence-electron chi connectivity index (χ1n) is 5.22. The number of aliphatic hydroxyl groups excluding tert-OH is 1. The number of hydrogen-bond acceptors (Lipinski definition) is 1. The first kappa shape index (κ1) is 11.5. The molecule has 1 unspecified atom stereocenters. The van der Waals surface area contributed by atoms with E-state index in [1.807, 2.05) is 0 Å². The van der Waals surface area contributed by atoms with Crippen LogP contribution in [0.3, 0.4) is 0 Å². The molecule has 0 spiro atoms. The van der Waals surface area contributed by atoms with Gasteiger partial charge >= 0.3 is 6.18 Å². The van der Waals surface area contributed by atoms with Gasteiger partial charge in [-0.2, -0.15) is 13.2 Å². The molecule has 1 fully saturated rings. The van der Waals surface area contributed by atoms with E-state index in [1.165, 1.54) is 12.1 Å². The van der Waals surface area contributed by atoms with Crippen LogP contribution in [0.2, 0.25) is 0 Å². The largest absolute Gasteiger partial charge is 0.416 e. The van der Waals surface area contributed by atoms with E-state index in [1.54, 1.807) is 6.92 Å². The maximum absolute atomic E-state index is 12.3. The minimum absolute atomic E-state index is 0.301. The number of alkyl halides is 3. The fraction of sp³-hybridized carbons (Fsp3) is 0.500. The SMILES string of the molecule is CC(O)C1(c2ccc(C(F)(F)F)cc2)CC1. The highest BCUT2D eigenvalue weighted by molar-refractivity contribution is 5.35. The van der Waals surface area contributed by atoms with Crippen LogP contribution in [-0.4, -0.2) is 11.2 Å². The summed E-state index contributed by atoms with van der Waals surface area (Å²) in [5.41, 5.74) is -0.141. The van der Waals surface area contributed by atoms with E-state index in [-0.39, 0.29) is 5.41 Å². The van der Waals surface area contributed by atoms with Gasteiger partial charge in [-0.1, -0.05) is 12.1 Å². The molecule has 1 N–H and O–H groups in total. The fourth-order valence-corrected chi connectivity index (χ4v) is 2.07. The molecule has 0 bridgehead atoms. The van der Waals surface area contributed by atoms with Crippen LogP contribution in [0, 0.1) is 0 Å². The zero-order valence-corrected chi connectivity index (χ0v) is 8.88. The lowest BCUT2D eigenvalue weighted by Crippen LogP contribution is -2.22. The van der Waals surface area contributed by atoms with Crippen molar-refractivity contribution in [1.29, 1.82) is 0 Å². The van der Waals surface area contributed by atoms with Gasteiger partial charge in [0.15, 0.2) is 0 Å². The van der Waals surface area contributed by atoms with Crippen molar-refractivity contribution < 1.29 is 18.3 Å². The summed E-state index contributed by atoms with van der Waals surface area (Å²) >= 11 is 0. The van der Waals surface area contributed by atoms with Crippen molar-refractivity contribution in [2.45, 2.75) is 37.5 Å². The lowest BCUT2D eigenvalue weighted by atomic mass is 9.90. The standard InChI is InChI=1S/C12H13F3O/c1-8(16)11(6-7-11)9-2-4-10(5-3-9)12(13,14)15/h2-5,8,16H,6-7H2,1H3. The van der Waals surface area contributed by atoms with Crippen LogP contribution in [0.15, 0.2) is 24.3 Å². The van der Waals surface area contributed by atoms with E-state index in [0.717, 1.165) is 30.5 Å². The van der Waals surface area contributed by atoms with Crippen molar-refractivity contribution in [2.75, 3.05) is 0 Å². The molecule has 16 heavy (non-hydrogen) atoms. The van der Waals surface area contributed by atoms with Crippen molar-refractivity contribution in [1.82, 2.24) is 0 Å². The molecule has 0 heterocycles. The third-order valence-electron chi connectivity index (χ3n) is 3.38.